The van der Waals surface area contributed by atoms with Gasteiger partial charge >= 0.3 is 0 Å². The molecule has 0 spiro atoms. The minimum absolute atomic E-state index is 0.0487. The van der Waals surface area contributed by atoms with Crippen molar-refractivity contribution in [2.75, 3.05) is 11.1 Å². The number of nitrogens with one attached hydrogen (secondary N) is 1. The molecule has 24 heavy (non-hydrogen) atoms. The fraction of sp³-hybridized carbons (Fsp3) is 0.412. The van der Waals surface area contributed by atoms with Crippen LogP contribution >= 0.6 is 0 Å². The van der Waals surface area contributed by atoms with E-state index < -0.39 is 9.84 Å². The Bertz CT molecular complexity index is 796. The highest BCUT2D eigenvalue weighted by molar-refractivity contribution is 7.91. The van der Waals surface area contributed by atoms with Crippen molar-refractivity contribution in [3.63, 3.8) is 0 Å². The number of benzene rings is 1. The molecule has 1 aromatic carbocycles. The summed E-state index contributed by atoms with van der Waals surface area (Å²) in [6.45, 7) is 5.82. The van der Waals surface area contributed by atoms with Crippen LogP contribution in [-0.4, -0.2) is 29.9 Å². The number of aryl methyl sites for hydroxylation is 1. The Kier molecular flexibility index (Phi) is 5.77. The summed E-state index contributed by atoms with van der Waals surface area (Å²) < 4.78 is 26.1. The van der Waals surface area contributed by atoms with Crippen LogP contribution in [0.25, 0.3) is 0 Å². The molecule has 0 saturated carbocycles. The molecule has 1 amide bonds. The zero-order valence-corrected chi connectivity index (χ0v) is 15.0. The summed E-state index contributed by atoms with van der Waals surface area (Å²) in [4.78, 5) is 12.4. The molecule has 0 fully saturated rings. The number of amides is 1. The third-order valence-corrected chi connectivity index (χ3v) is 5.35. The van der Waals surface area contributed by atoms with Crippen LogP contribution in [0.3, 0.4) is 0 Å². The van der Waals surface area contributed by atoms with E-state index in [1.807, 2.05) is 20.8 Å². The normalized spacial score (nSPS) is 11.7. The highest BCUT2D eigenvalue weighted by atomic mass is 32.2. The maximum Gasteiger partial charge on any atom is 0.225 e. The van der Waals surface area contributed by atoms with Gasteiger partial charge < -0.3 is 5.32 Å². The molecule has 0 saturated heterocycles. The van der Waals surface area contributed by atoms with E-state index in [4.69, 9.17) is 0 Å². The van der Waals surface area contributed by atoms with Crippen LogP contribution in [0, 0.1) is 6.92 Å². The summed E-state index contributed by atoms with van der Waals surface area (Å²) in [6.07, 6.45) is 0.423. The van der Waals surface area contributed by atoms with Gasteiger partial charge in [0.2, 0.25) is 5.91 Å². The minimum Gasteiger partial charge on any atom is -0.311 e. The van der Waals surface area contributed by atoms with Crippen molar-refractivity contribution >= 4 is 21.6 Å². The van der Waals surface area contributed by atoms with Crippen molar-refractivity contribution in [1.82, 2.24) is 9.78 Å². The number of hydrogen-bond acceptors (Lipinski definition) is 4. The number of aromatic nitrogens is 2. The van der Waals surface area contributed by atoms with E-state index in [1.165, 1.54) is 0 Å². The minimum atomic E-state index is -3.34. The summed E-state index contributed by atoms with van der Waals surface area (Å²) in [5, 5.41) is 7.13. The molecule has 7 heteroatoms. The molecule has 2 rings (SSSR count). The van der Waals surface area contributed by atoms with E-state index in [9.17, 15) is 13.2 Å². The van der Waals surface area contributed by atoms with Crippen LogP contribution in [-0.2, 0) is 14.6 Å². The predicted octanol–water partition coefficient (Wildman–Crippen LogP) is 2.97. The fourth-order valence-corrected chi connectivity index (χ4v) is 3.71. The van der Waals surface area contributed by atoms with Crippen molar-refractivity contribution < 1.29 is 13.2 Å². The number of anilines is 1. The highest BCUT2D eigenvalue weighted by Gasteiger charge is 2.16. The third kappa shape index (κ3) is 4.67. The Morgan fingerprint density at radius 2 is 1.92 bits per heavy atom. The smallest absolute Gasteiger partial charge is 0.225 e. The summed E-state index contributed by atoms with van der Waals surface area (Å²) in [7, 11) is -3.34. The number of carbonyl (C=O) groups excluding carboxylic acids is 1. The first-order chi connectivity index (χ1) is 11.3. The maximum absolute atomic E-state index is 12.2. The summed E-state index contributed by atoms with van der Waals surface area (Å²) in [5.74, 6) is 0.380. The Labute approximate surface area is 142 Å². The highest BCUT2D eigenvalue weighted by Crippen LogP contribution is 2.17. The van der Waals surface area contributed by atoms with Gasteiger partial charge in [-0.15, -0.1) is 0 Å². The summed E-state index contributed by atoms with van der Waals surface area (Å²) in [6, 6.07) is 10.2. The van der Waals surface area contributed by atoms with E-state index >= 15 is 0 Å². The van der Waals surface area contributed by atoms with Gasteiger partial charge in [-0.1, -0.05) is 18.2 Å². The molecule has 1 N–H and O–H groups in total. The molecule has 130 valence electrons. The molecule has 0 aliphatic carbocycles. The van der Waals surface area contributed by atoms with Crippen LogP contribution in [0.4, 0.5) is 5.82 Å². The molecule has 0 aliphatic rings. The van der Waals surface area contributed by atoms with Gasteiger partial charge in [-0.05, 0) is 39.3 Å². The Balaban J connectivity index is 1.90. The van der Waals surface area contributed by atoms with Crippen molar-refractivity contribution in [1.29, 1.82) is 0 Å². The van der Waals surface area contributed by atoms with Gasteiger partial charge in [0, 0.05) is 18.5 Å². The lowest BCUT2D eigenvalue weighted by Gasteiger charge is -2.11. The van der Waals surface area contributed by atoms with Gasteiger partial charge in [-0.3, -0.25) is 4.79 Å². The van der Waals surface area contributed by atoms with E-state index in [0.29, 0.717) is 10.7 Å². The van der Waals surface area contributed by atoms with Crippen LogP contribution in [0.1, 0.15) is 38.4 Å². The van der Waals surface area contributed by atoms with Crippen molar-refractivity contribution in [3.8, 4) is 0 Å². The Morgan fingerprint density at radius 1 is 1.25 bits per heavy atom. The second-order valence-corrected chi connectivity index (χ2v) is 8.10. The third-order valence-electron chi connectivity index (χ3n) is 3.53. The molecule has 2 aromatic rings. The second-order valence-electron chi connectivity index (χ2n) is 5.99. The van der Waals surface area contributed by atoms with Crippen molar-refractivity contribution in [2.45, 2.75) is 44.6 Å². The molecule has 6 nitrogen and oxygen atoms in total. The number of nitrogens with zero attached hydrogens (tertiary/aromatic N) is 2. The van der Waals surface area contributed by atoms with Crippen LogP contribution in [0.2, 0.25) is 0 Å². The average Bonchev–Trinajstić information content (AvgIpc) is 2.88. The monoisotopic (exact) mass is 349 g/mol. The molecular weight excluding hydrogens is 326 g/mol. The molecule has 0 atom stereocenters. The number of sulfone groups is 1. The summed E-state index contributed by atoms with van der Waals surface area (Å²) in [5.41, 5.74) is 0.825. The average molecular weight is 349 g/mol. The molecule has 0 radical (unpaired) electrons. The molecule has 0 bridgehead atoms. The first kappa shape index (κ1) is 18.2. The lowest BCUT2D eigenvalue weighted by molar-refractivity contribution is -0.116. The van der Waals surface area contributed by atoms with Crippen molar-refractivity contribution in [2.24, 2.45) is 0 Å². The SMILES string of the molecule is Cc1cc(NC(=O)CCCS(=O)(=O)c2ccccc2)n(C(C)C)n1. The molecule has 0 aliphatic heterocycles. The Morgan fingerprint density at radius 3 is 2.54 bits per heavy atom. The van der Waals surface area contributed by atoms with Crippen LogP contribution < -0.4 is 5.32 Å². The number of hydrogen-bond donors (Lipinski definition) is 1. The standard InChI is InChI=1S/C17H23N3O3S/c1-13(2)20-16(12-14(3)19-20)18-17(21)10-7-11-24(22,23)15-8-5-4-6-9-15/h4-6,8-9,12-13H,7,10-11H2,1-3H3,(H,18,21). The quantitative estimate of drug-likeness (QED) is 0.833. The zero-order valence-electron chi connectivity index (χ0n) is 14.2. The largest absolute Gasteiger partial charge is 0.311 e. The molecule has 0 unspecified atom stereocenters. The van der Waals surface area contributed by atoms with Gasteiger partial charge in [-0.2, -0.15) is 5.10 Å². The van der Waals surface area contributed by atoms with E-state index in [2.05, 4.69) is 10.4 Å². The summed E-state index contributed by atoms with van der Waals surface area (Å²) >= 11 is 0. The van der Waals surface area contributed by atoms with E-state index in [0.717, 1.165) is 5.69 Å². The zero-order chi connectivity index (χ0) is 17.7. The van der Waals surface area contributed by atoms with E-state index in [-0.39, 0.29) is 30.5 Å². The predicted molar refractivity (Wildman–Crippen MR) is 93.7 cm³/mol. The topological polar surface area (TPSA) is 81.1 Å². The second kappa shape index (κ2) is 7.61. The molecular formula is C17H23N3O3S. The van der Waals surface area contributed by atoms with Crippen LogP contribution in [0.15, 0.2) is 41.3 Å². The number of carbonyl (C=O) groups is 1. The first-order valence-corrected chi connectivity index (χ1v) is 9.58. The van der Waals surface area contributed by atoms with Gasteiger partial charge in [-0.25, -0.2) is 13.1 Å². The first-order valence-electron chi connectivity index (χ1n) is 7.93. The van der Waals surface area contributed by atoms with Crippen LogP contribution in [0.5, 0.6) is 0 Å². The molecule has 1 aromatic heterocycles. The Hall–Kier alpha value is -2.15. The van der Waals surface area contributed by atoms with Gasteiger partial charge in [0.15, 0.2) is 9.84 Å². The number of rotatable bonds is 7. The van der Waals surface area contributed by atoms with E-state index in [1.54, 1.807) is 41.1 Å². The lowest BCUT2D eigenvalue weighted by atomic mass is 10.3. The van der Waals surface area contributed by atoms with Crippen molar-refractivity contribution in [3.05, 3.63) is 42.1 Å². The van der Waals surface area contributed by atoms with Gasteiger partial charge in [0.25, 0.3) is 0 Å². The van der Waals surface area contributed by atoms with Gasteiger partial charge in [0.05, 0.1) is 16.3 Å². The molecule has 1 heterocycles. The lowest BCUT2D eigenvalue weighted by Crippen LogP contribution is -2.17. The fourth-order valence-electron chi connectivity index (χ4n) is 2.38. The maximum atomic E-state index is 12.2. The van der Waals surface area contributed by atoms with Gasteiger partial charge in [0.1, 0.15) is 5.82 Å².